The molecule has 0 spiro atoms. The summed E-state index contributed by atoms with van der Waals surface area (Å²) in [6.45, 7) is -2.98. The Hall–Kier alpha value is -3.93. The van der Waals surface area contributed by atoms with E-state index in [1.165, 1.54) is 7.11 Å². The number of phenols is 1. The Morgan fingerprint density at radius 3 is 2.07 bits per heavy atom. The highest BCUT2D eigenvalue weighted by Crippen LogP contribution is 2.39. The third-order valence-electron chi connectivity index (χ3n) is 13.0. The highest BCUT2D eigenvalue weighted by atomic mass is 19.1. The molecule has 5 rings (SSSR count). The average molecular weight is 1070 g/mol. The Morgan fingerprint density at radius 1 is 0.784 bits per heavy atom. The van der Waals surface area contributed by atoms with Crippen molar-refractivity contribution in [2.45, 2.75) is 180 Å². The maximum Gasteiger partial charge on any atom is 0.364 e. The van der Waals surface area contributed by atoms with E-state index < -0.39 is 190 Å². The second kappa shape index (κ2) is 27.9. The van der Waals surface area contributed by atoms with E-state index in [0.717, 1.165) is 31.9 Å². The maximum absolute atomic E-state index is 14.5. The van der Waals surface area contributed by atoms with Crippen molar-refractivity contribution < 1.29 is 133 Å². The third kappa shape index (κ3) is 15.0. The quantitative estimate of drug-likeness (QED) is 0.0321. The number of benzene rings is 1. The van der Waals surface area contributed by atoms with Crippen LogP contribution in [0.2, 0.25) is 0 Å². The van der Waals surface area contributed by atoms with Gasteiger partial charge in [0.2, 0.25) is 5.91 Å². The first-order valence-corrected chi connectivity index (χ1v) is 24.0. The van der Waals surface area contributed by atoms with Crippen LogP contribution in [0.3, 0.4) is 0 Å². The van der Waals surface area contributed by atoms with Crippen LogP contribution in [0, 0.1) is 5.82 Å². The minimum atomic E-state index is -3.19. The number of hydrogen-bond donors (Lipinski definition) is 15. The molecule has 13 unspecified atom stereocenters. The molecule has 15 N–H and O–H groups in total. The fraction of sp³-hybridized carbons (Fsp3) is 0.778. The molecular weight excluding hydrogens is 1000 g/mol. The molecule has 422 valence electrons. The molecule has 0 radical (unpaired) electrons. The van der Waals surface area contributed by atoms with Gasteiger partial charge in [0.15, 0.2) is 18.9 Å². The minimum absolute atomic E-state index is 0.0989. The van der Waals surface area contributed by atoms with Crippen molar-refractivity contribution in [1.82, 2.24) is 10.6 Å². The van der Waals surface area contributed by atoms with Crippen molar-refractivity contribution in [1.29, 1.82) is 0 Å². The number of phenolic OH excluding ortho intramolecular Hbond substituents is 1. The van der Waals surface area contributed by atoms with Crippen molar-refractivity contribution in [3.8, 4) is 5.75 Å². The highest BCUT2D eigenvalue weighted by molar-refractivity contribution is 5.97. The molecule has 0 saturated carbocycles. The van der Waals surface area contributed by atoms with Crippen LogP contribution in [0.4, 0.5) is 4.39 Å². The van der Waals surface area contributed by atoms with Gasteiger partial charge in [-0.3, -0.25) is 14.4 Å². The lowest BCUT2D eigenvalue weighted by atomic mass is 9.88. The number of nitrogens with one attached hydrogen (secondary N) is 2. The Morgan fingerprint density at radius 2 is 1.43 bits per heavy atom. The second-order valence-corrected chi connectivity index (χ2v) is 18.3. The number of carbonyl (C=O) groups is 4. The zero-order valence-corrected chi connectivity index (χ0v) is 40.4. The molecule has 1 aromatic rings. The van der Waals surface area contributed by atoms with Crippen molar-refractivity contribution >= 4 is 23.8 Å². The molecule has 20 atom stereocenters. The van der Waals surface area contributed by atoms with E-state index in [4.69, 9.17) is 37.9 Å². The number of esters is 1. The van der Waals surface area contributed by atoms with E-state index in [2.05, 4.69) is 15.4 Å². The number of carbonyl (C=O) groups excluding carboxylic acids is 3. The number of amides is 2. The van der Waals surface area contributed by atoms with Crippen molar-refractivity contribution in [3.63, 3.8) is 0 Å². The predicted molar refractivity (Wildman–Crippen MR) is 238 cm³/mol. The smallest absolute Gasteiger partial charge is 0.364 e. The summed E-state index contributed by atoms with van der Waals surface area (Å²) in [5, 5.41) is 145. The summed E-state index contributed by atoms with van der Waals surface area (Å²) in [5.74, 6) is -9.24. The van der Waals surface area contributed by atoms with Crippen LogP contribution in [-0.2, 0) is 57.0 Å². The maximum atomic E-state index is 14.5. The van der Waals surface area contributed by atoms with Crippen LogP contribution in [0.15, 0.2) is 18.2 Å². The van der Waals surface area contributed by atoms with Crippen LogP contribution in [0.1, 0.15) is 68.6 Å². The number of hydrogen-bond acceptors (Lipinski definition) is 25. The number of rotatable bonds is 25. The van der Waals surface area contributed by atoms with Crippen molar-refractivity contribution in [3.05, 3.63) is 29.6 Å². The third-order valence-corrected chi connectivity index (χ3v) is 13.0. The molecular formula is C45H69FN2O26. The largest absolute Gasteiger partial charge is 0.507 e. The number of methoxy groups -OCH3 is 1. The van der Waals surface area contributed by atoms with Gasteiger partial charge in [-0.05, 0) is 31.0 Å². The average Bonchev–Trinajstić information content (AvgIpc) is 3.37. The molecule has 2 amide bonds. The van der Waals surface area contributed by atoms with Crippen LogP contribution in [0.5, 0.6) is 5.75 Å². The van der Waals surface area contributed by atoms with E-state index in [-0.39, 0.29) is 19.0 Å². The normalized spacial score (nSPS) is 36.3. The molecule has 0 aromatic heterocycles. The Balaban J connectivity index is 1.51. The number of aliphatic hydroxyl groups excluding tert-OH is 11. The molecule has 4 fully saturated rings. The van der Waals surface area contributed by atoms with Crippen LogP contribution in [0.25, 0.3) is 0 Å². The number of carboxylic acids is 1. The molecule has 74 heavy (non-hydrogen) atoms. The highest BCUT2D eigenvalue weighted by Gasteiger charge is 2.61. The number of aliphatic carboxylic acids is 1. The van der Waals surface area contributed by atoms with Crippen LogP contribution >= 0.6 is 0 Å². The van der Waals surface area contributed by atoms with E-state index in [1.807, 2.05) is 0 Å². The summed E-state index contributed by atoms with van der Waals surface area (Å²) in [6.07, 6.45) is -31.1. The van der Waals surface area contributed by atoms with Gasteiger partial charge in [0.1, 0.15) is 97.0 Å². The predicted octanol–water partition coefficient (Wildman–Crippen LogP) is -5.55. The number of aromatic hydroxyl groups is 1. The Bertz CT molecular complexity index is 1980. The van der Waals surface area contributed by atoms with E-state index in [1.54, 1.807) is 0 Å². The molecule has 0 bridgehead atoms. The summed E-state index contributed by atoms with van der Waals surface area (Å²) >= 11 is 0. The fourth-order valence-electron chi connectivity index (χ4n) is 8.95. The minimum Gasteiger partial charge on any atom is -0.507 e. The fourth-order valence-corrected chi connectivity index (χ4v) is 8.95. The lowest BCUT2D eigenvalue weighted by Crippen LogP contribution is -2.71. The van der Waals surface area contributed by atoms with E-state index >= 15 is 0 Å². The zero-order valence-electron chi connectivity index (χ0n) is 40.4. The molecule has 28 nitrogen and oxygen atoms in total. The second-order valence-electron chi connectivity index (χ2n) is 18.3. The van der Waals surface area contributed by atoms with E-state index in [9.17, 15) is 90.0 Å². The van der Waals surface area contributed by atoms with Gasteiger partial charge in [-0.25, -0.2) is 9.18 Å². The number of aliphatic hydroxyl groups is 11. The lowest BCUT2D eigenvalue weighted by Gasteiger charge is -2.51. The van der Waals surface area contributed by atoms with Crippen molar-refractivity contribution in [2.75, 3.05) is 40.1 Å². The first-order valence-electron chi connectivity index (χ1n) is 24.0. The van der Waals surface area contributed by atoms with Gasteiger partial charge in [0.25, 0.3) is 11.7 Å². The molecule has 1 aromatic carbocycles. The summed E-state index contributed by atoms with van der Waals surface area (Å²) in [7, 11) is 1.29. The molecule has 4 aliphatic heterocycles. The first-order chi connectivity index (χ1) is 35.1. The number of ether oxygens (including phenoxy) is 9. The summed E-state index contributed by atoms with van der Waals surface area (Å²) in [4.78, 5) is 50.7. The standard InChI is InChI=1S/C45H69FN2O26/c1-19(52)47-29-23(54)14-45(44(64)65,73-37(29)32(59)24(55)15-49)74-39-33(60)26(16-50)69-43(35(39)62)71-36-27(17-51)70-41(67-12-8-6-4-3-5-7-9-28(57)66-2)30(48-40(63)21-13-20(46)10-11-22(21)53)38(36)72-42-34(61)31(58)25(56)18-68-42/h10-11,13,23-27,29-39,41-43,49-51,53-56,58-62H,3-9,12,14-18H2,1-2H3,(H,47,52)(H,48,63)(H,64,65)/t23?,24?,25-,26?,27?,29-,30?,31?,32?,33+,34?,35?,36-,37?,38?,39?,41-,42+,43?,45+/m1/s1. The topological polar surface area (TPSA) is 438 Å². The lowest BCUT2D eigenvalue weighted by molar-refractivity contribution is -0.389. The van der Waals surface area contributed by atoms with Gasteiger partial charge in [0, 0.05) is 26.4 Å². The summed E-state index contributed by atoms with van der Waals surface area (Å²) in [5.41, 5.74) is -0.624. The van der Waals surface area contributed by atoms with Gasteiger partial charge >= 0.3 is 11.9 Å². The molecule has 0 aliphatic carbocycles. The first kappa shape index (κ1) is 60.9. The molecule has 4 heterocycles. The van der Waals surface area contributed by atoms with Gasteiger partial charge in [-0.15, -0.1) is 0 Å². The van der Waals surface area contributed by atoms with Gasteiger partial charge in [-0.2, -0.15) is 0 Å². The van der Waals surface area contributed by atoms with Gasteiger partial charge in [-0.1, -0.05) is 25.7 Å². The number of carboxylic acid groups (broad SMARTS) is 1. The SMILES string of the molecule is COC(=O)CCCCCCCCO[C@@H]1OC(CO)[C@@H](OC2OC(CO)[C@H](O)C(O[C@]3(C(=O)O)CC(O)[C@@H](NC(C)=O)C(C(O)C(O)CO)O3)C2O)C(O[C@@H]2OC[C@@H](O)C(O)C2O)C1NC(=O)c1cc(F)ccc1O. The van der Waals surface area contributed by atoms with Gasteiger partial charge < -0.3 is 120 Å². The number of halogens is 1. The van der Waals surface area contributed by atoms with E-state index in [0.29, 0.717) is 31.7 Å². The van der Waals surface area contributed by atoms with Crippen LogP contribution < -0.4 is 10.6 Å². The molecule has 4 saturated heterocycles. The van der Waals surface area contributed by atoms with Crippen molar-refractivity contribution in [2.24, 2.45) is 0 Å². The monoisotopic (exact) mass is 1070 g/mol. The van der Waals surface area contributed by atoms with Crippen LogP contribution in [-0.4, -0.2) is 252 Å². The Kier molecular flexibility index (Phi) is 23.0. The molecule has 4 aliphatic rings. The number of unbranched alkanes of at least 4 members (excludes halogenated alkanes) is 5. The summed E-state index contributed by atoms with van der Waals surface area (Å²) in [6, 6.07) is -0.968. The zero-order chi connectivity index (χ0) is 54.6. The van der Waals surface area contributed by atoms with Gasteiger partial charge in [0.05, 0.1) is 51.2 Å². The Labute approximate surface area is 422 Å². The summed E-state index contributed by atoms with van der Waals surface area (Å²) < 4.78 is 66.6. The molecule has 29 heteroatoms.